The predicted molar refractivity (Wildman–Crippen MR) is 151 cm³/mol. The van der Waals surface area contributed by atoms with Crippen LogP contribution in [0.25, 0.3) is 26.2 Å². The Morgan fingerprint density at radius 1 is 1.03 bits per heavy atom. The number of amides is 1. The molecule has 4 aromatic rings. The maximum absolute atomic E-state index is 13.2. The van der Waals surface area contributed by atoms with Gasteiger partial charge in [0.15, 0.2) is 0 Å². The molecule has 7 N–H and O–H groups in total. The molecular formula is C29H27N5OS. The van der Waals surface area contributed by atoms with Crippen LogP contribution >= 0.6 is 11.3 Å². The average molecular weight is 494 g/mol. The molecule has 7 heteroatoms. The second-order valence-electron chi connectivity index (χ2n) is 8.53. The third kappa shape index (κ3) is 4.88. The van der Waals surface area contributed by atoms with Gasteiger partial charge in [0.2, 0.25) is 0 Å². The van der Waals surface area contributed by atoms with Gasteiger partial charge >= 0.3 is 0 Å². The van der Waals surface area contributed by atoms with Crippen molar-refractivity contribution in [2.24, 2.45) is 11.5 Å². The van der Waals surface area contributed by atoms with E-state index in [1.165, 1.54) is 0 Å². The Kier molecular flexibility index (Phi) is 6.58. The molecule has 0 spiro atoms. The van der Waals surface area contributed by atoms with Crippen molar-refractivity contribution in [3.63, 3.8) is 0 Å². The Bertz CT molecular complexity index is 1480. The lowest BCUT2D eigenvalue weighted by atomic mass is 10.0. The van der Waals surface area contributed by atoms with Crippen LogP contribution in [-0.4, -0.2) is 17.4 Å². The summed E-state index contributed by atoms with van der Waals surface area (Å²) in [6.07, 6.45) is 9.89. The highest BCUT2D eigenvalue weighted by molar-refractivity contribution is 7.22. The van der Waals surface area contributed by atoms with E-state index < -0.39 is 0 Å². The van der Waals surface area contributed by atoms with Gasteiger partial charge in [-0.1, -0.05) is 42.5 Å². The van der Waals surface area contributed by atoms with Gasteiger partial charge < -0.3 is 27.4 Å². The lowest BCUT2D eigenvalue weighted by molar-refractivity contribution is 0.102. The second kappa shape index (κ2) is 10.1. The fourth-order valence-electron chi connectivity index (χ4n) is 4.11. The van der Waals surface area contributed by atoms with E-state index in [0.717, 1.165) is 38.2 Å². The molecule has 1 aliphatic heterocycles. The summed E-state index contributed by atoms with van der Waals surface area (Å²) in [7, 11) is 0. The zero-order chi connectivity index (χ0) is 25.1. The number of rotatable bonds is 6. The molecule has 1 amide bonds. The number of hydrogen-bond donors (Lipinski definition) is 4. The first kappa shape index (κ1) is 23.4. The van der Waals surface area contributed by atoms with Crippen molar-refractivity contribution in [3.05, 3.63) is 114 Å². The molecule has 0 fully saturated rings. The van der Waals surface area contributed by atoms with Gasteiger partial charge in [-0.25, -0.2) is 0 Å². The van der Waals surface area contributed by atoms with Crippen LogP contribution in [0.15, 0.2) is 97.4 Å². The molecule has 0 aliphatic carbocycles. The molecule has 0 radical (unpaired) electrons. The fraction of sp³-hybridized carbons (Fsp3) is 0.0690. The molecule has 36 heavy (non-hydrogen) atoms. The molecule has 0 atom stereocenters. The Hall–Kier alpha value is -4.33. The third-order valence-electron chi connectivity index (χ3n) is 6.06. The van der Waals surface area contributed by atoms with Gasteiger partial charge in [0.05, 0.1) is 5.70 Å². The number of nitrogens with one attached hydrogen (secondary N) is 1. The van der Waals surface area contributed by atoms with Gasteiger partial charge in [-0.05, 0) is 59.0 Å². The first-order valence-electron chi connectivity index (χ1n) is 11.6. The summed E-state index contributed by atoms with van der Waals surface area (Å²) in [6.45, 7) is 1.02. The van der Waals surface area contributed by atoms with E-state index in [-0.39, 0.29) is 12.5 Å². The van der Waals surface area contributed by atoms with Crippen LogP contribution < -0.4 is 22.5 Å². The second-order valence-corrected chi connectivity index (χ2v) is 9.62. The van der Waals surface area contributed by atoms with Crippen LogP contribution in [0.3, 0.4) is 0 Å². The van der Waals surface area contributed by atoms with Crippen LogP contribution in [0.4, 0.5) is 11.4 Å². The lowest BCUT2D eigenvalue weighted by Crippen LogP contribution is -2.15. The van der Waals surface area contributed by atoms with E-state index in [9.17, 15) is 4.79 Å². The number of carbonyl (C=O) groups excluding carboxylic acids is 1. The number of benzene rings is 3. The van der Waals surface area contributed by atoms with Crippen molar-refractivity contribution in [1.82, 2.24) is 4.90 Å². The highest BCUT2D eigenvalue weighted by Crippen LogP contribution is 2.38. The summed E-state index contributed by atoms with van der Waals surface area (Å²) in [5.74, 6) is -0.228. The normalized spacial score (nSPS) is 13.4. The van der Waals surface area contributed by atoms with Gasteiger partial charge in [-0.2, -0.15) is 0 Å². The summed E-state index contributed by atoms with van der Waals surface area (Å²) < 4.78 is 1.16. The largest absolute Gasteiger partial charge is 0.398 e. The number of fused-ring (bicyclic) bond motifs is 1. The first-order valence-corrected chi connectivity index (χ1v) is 12.4. The smallest absolute Gasteiger partial charge is 0.255 e. The molecule has 180 valence electrons. The Morgan fingerprint density at radius 3 is 2.56 bits per heavy atom. The van der Waals surface area contributed by atoms with Crippen molar-refractivity contribution in [2.45, 2.75) is 6.54 Å². The SMILES string of the molecule is NCc1cc(C(=O)Nc2ccc(/C(N)=C/N3C=CC=CC3)cc2)cc(-c2cc3ccccc3s2)c1N. The number of carbonyl (C=O) groups is 1. The van der Waals surface area contributed by atoms with Gasteiger partial charge in [-0.3, -0.25) is 4.79 Å². The molecule has 0 saturated carbocycles. The lowest BCUT2D eigenvalue weighted by Gasteiger charge is -2.17. The van der Waals surface area contributed by atoms with E-state index in [1.54, 1.807) is 17.4 Å². The van der Waals surface area contributed by atoms with Crippen molar-refractivity contribution in [1.29, 1.82) is 0 Å². The molecule has 0 unspecified atom stereocenters. The number of thiophene rings is 1. The van der Waals surface area contributed by atoms with E-state index >= 15 is 0 Å². The molecule has 3 aromatic carbocycles. The summed E-state index contributed by atoms with van der Waals surface area (Å²) in [5, 5.41) is 4.11. The molecule has 2 heterocycles. The van der Waals surface area contributed by atoms with Gasteiger partial charge in [0.25, 0.3) is 5.91 Å². The van der Waals surface area contributed by atoms with Crippen molar-refractivity contribution >= 4 is 44.4 Å². The minimum Gasteiger partial charge on any atom is -0.398 e. The molecule has 1 aliphatic rings. The Labute approximate surface area is 214 Å². The standard InChI is InChI=1S/C29H27N5OS/c30-17-22-14-21(15-24(28(22)32)27-16-20-6-2-3-7-26(20)36-27)29(35)33-23-10-8-19(9-11-23)25(31)18-34-12-4-1-5-13-34/h1-12,14-16,18H,13,17,30-32H2,(H,33,35)/b25-18-. The Balaban J connectivity index is 1.38. The molecule has 0 bridgehead atoms. The summed E-state index contributed by atoms with van der Waals surface area (Å²) in [4.78, 5) is 16.2. The number of nitrogen functional groups attached to an aromatic ring is 1. The van der Waals surface area contributed by atoms with E-state index in [4.69, 9.17) is 17.2 Å². The Morgan fingerprint density at radius 2 is 1.83 bits per heavy atom. The summed E-state index contributed by atoms with van der Waals surface area (Å²) >= 11 is 1.64. The fourth-order valence-corrected chi connectivity index (χ4v) is 5.21. The van der Waals surface area contributed by atoms with Crippen LogP contribution in [0.1, 0.15) is 21.5 Å². The van der Waals surface area contributed by atoms with Crippen LogP contribution in [0.5, 0.6) is 0 Å². The van der Waals surface area contributed by atoms with Crippen molar-refractivity contribution < 1.29 is 4.79 Å². The maximum atomic E-state index is 13.2. The number of hydrogen-bond acceptors (Lipinski definition) is 6. The predicted octanol–water partition coefficient (Wildman–Crippen LogP) is 5.50. The monoisotopic (exact) mass is 493 g/mol. The molecule has 0 saturated heterocycles. The van der Waals surface area contributed by atoms with Crippen LogP contribution in [-0.2, 0) is 6.54 Å². The van der Waals surface area contributed by atoms with Crippen LogP contribution in [0, 0.1) is 0 Å². The third-order valence-corrected chi connectivity index (χ3v) is 7.21. The minimum atomic E-state index is -0.228. The number of anilines is 2. The number of nitrogens with zero attached hydrogens (tertiary/aromatic N) is 1. The number of allylic oxidation sites excluding steroid dienone is 2. The van der Waals surface area contributed by atoms with Crippen molar-refractivity contribution in [2.75, 3.05) is 17.6 Å². The highest BCUT2D eigenvalue weighted by atomic mass is 32.1. The highest BCUT2D eigenvalue weighted by Gasteiger charge is 2.16. The van der Waals surface area contributed by atoms with E-state index in [0.29, 0.717) is 22.6 Å². The van der Waals surface area contributed by atoms with E-state index in [1.807, 2.05) is 71.9 Å². The van der Waals surface area contributed by atoms with Gasteiger partial charge in [-0.15, -0.1) is 11.3 Å². The maximum Gasteiger partial charge on any atom is 0.255 e. The van der Waals surface area contributed by atoms with Crippen LogP contribution in [0.2, 0.25) is 0 Å². The average Bonchev–Trinajstić information content (AvgIpc) is 3.34. The molecule has 6 nitrogen and oxygen atoms in total. The quantitative estimate of drug-likeness (QED) is 0.265. The molecule has 1 aromatic heterocycles. The zero-order valence-electron chi connectivity index (χ0n) is 19.6. The van der Waals surface area contributed by atoms with Gasteiger partial charge in [0.1, 0.15) is 0 Å². The number of nitrogens with two attached hydrogens (primary N) is 3. The molecule has 5 rings (SSSR count). The van der Waals surface area contributed by atoms with E-state index in [2.05, 4.69) is 29.6 Å². The first-order chi connectivity index (χ1) is 17.5. The molecular weight excluding hydrogens is 466 g/mol. The minimum absolute atomic E-state index is 0.228. The topological polar surface area (TPSA) is 110 Å². The summed E-state index contributed by atoms with van der Waals surface area (Å²) in [6, 6.07) is 21.3. The van der Waals surface area contributed by atoms with Crippen molar-refractivity contribution in [3.8, 4) is 10.4 Å². The van der Waals surface area contributed by atoms with Gasteiger partial charge in [0, 0.05) is 57.6 Å². The zero-order valence-corrected chi connectivity index (χ0v) is 20.5. The summed E-state index contributed by atoms with van der Waals surface area (Å²) in [5.41, 5.74) is 23.5.